The Morgan fingerprint density at radius 3 is 2.44 bits per heavy atom. The van der Waals surface area contributed by atoms with Crippen LogP contribution < -0.4 is 5.32 Å². The topological polar surface area (TPSA) is 46.2 Å². The highest BCUT2D eigenvalue weighted by Gasteiger charge is 2.26. The van der Waals surface area contributed by atoms with Gasteiger partial charge in [-0.25, -0.2) is 0 Å². The Morgan fingerprint density at radius 1 is 1.19 bits per heavy atom. The molecule has 1 aliphatic rings. The lowest BCUT2D eigenvalue weighted by Crippen LogP contribution is -2.37. The van der Waals surface area contributed by atoms with Crippen LogP contribution in [0.2, 0.25) is 0 Å². The van der Waals surface area contributed by atoms with Crippen LogP contribution in [0.15, 0.2) is 24.3 Å². The smallest absolute Gasteiger partial charge is 0.227 e. The molecule has 0 saturated carbocycles. The van der Waals surface area contributed by atoms with Gasteiger partial charge in [0.05, 0.1) is 0 Å². The van der Waals surface area contributed by atoms with E-state index in [0.29, 0.717) is 12.8 Å². The minimum atomic E-state index is -0.160. The van der Waals surface area contributed by atoms with Crippen LogP contribution in [0, 0.1) is 0 Å². The molecule has 3 heteroatoms. The average molecular weight is 217 g/mol. The number of amides is 2. The van der Waals surface area contributed by atoms with Gasteiger partial charge in [-0.15, -0.1) is 0 Å². The second-order valence-electron chi connectivity index (χ2n) is 4.13. The van der Waals surface area contributed by atoms with Crippen LogP contribution in [0.3, 0.4) is 0 Å². The molecule has 1 aromatic carbocycles. The molecule has 0 spiro atoms. The zero-order valence-corrected chi connectivity index (χ0v) is 9.32. The van der Waals surface area contributed by atoms with Crippen molar-refractivity contribution in [2.24, 2.45) is 0 Å². The lowest BCUT2D eigenvalue weighted by Gasteiger charge is -2.23. The molecule has 2 amide bonds. The van der Waals surface area contributed by atoms with Gasteiger partial charge in [0.15, 0.2) is 0 Å². The number of carbonyl (C=O) groups excluding carboxylic acids is 2. The predicted molar refractivity (Wildman–Crippen MR) is 60.9 cm³/mol. The zero-order chi connectivity index (χ0) is 11.5. The van der Waals surface area contributed by atoms with Gasteiger partial charge >= 0.3 is 0 Å². The summed E-state index contributed by atoms with van der Waals surface area (Å²) < 4.78 is 0. The first-order chi connectivity index (χ1) is 7.70. The summed E-state index contributed by atoms with van der Waals surface area (Å²) >= 11 is 0. The number of benzene rings is 1. The molecule has 1 saturated heterocycles. The van der Waals surface area contributed by atoms with Crippen molar-refractivity contribution >= 4 is 11.8 Å². The first-order valence-corrected chi connectivity index (χ1v) is 5.61. The molecule has 0 aromatic heterocycles. The van der Waals surface area contributed by atoms with E-state index in [-0.39, 0.29) is 17.7 Å². The summed E-state index contributed by atoms with van der Waals surface area (Å²) in [5, 5.41) is 2.34. The van der Waals surface area contributed by atoms with Crippen molar-refractivity contribution in [1.82, 2.24) is 5.32 Å². The Labute approximate surface area is 94.9 Å². The van der Waals surface area contributed by atoms with E-state index in [1.54, 1.807) is 0 Å². The molecule has 16 heavy (non-hydrogen) atoms. The van der Waals surface area contributed by atoms with Crippen molar-refractivity contribution in [3.8, 4) is 0 Å². The molecule has 1 N–H and O–H groups in total. The summed E-state index contributed by atoms with van der Waals surface area (Å²) in [6.45, 7) is 2.09. The predicted octanol–water partition coefficient (Wildman–Crippen LogP) is 1.77. The third kappa shape index (κ3) is 2.13. The van der Waals surface area contributed by atoms with Crippen LogP contribution in [-0.2, 0) is 16.0 Å². The Hall–Kier alpha value is -1.64. The maximum Gasteiger partial charge on any atom is 0.227 e. The van der Waals surface area contributed by atoms with E-state index in [9.17, 15) is 9.59 Å². The van der Waals surface area contributed by atoms with Gasteiger partial charge in [-0.05, 0) is 17.5 Å². The van der Waals surface area contributed by atoms with E-state index < -0.39 is 0 Å². The molecule has 0 atom stereocenters. The number of hydrogen-bond donors (Lipinski definition) is 1. The summed E-state index contributed by atoms with van der Waals surface area (Å²) in [5.74, 6) is -0.267. The number of carbonyl (C=O) groups is 2. The molecule has 0 unspecified atom stereocenters. The van der Waals surface area contributed by atoms with Crippen LogP contribution in [0.1, 0.15) is 36.8 Å². The summed E-state index contributed by atoms with van der Waals surface area (Å²) in [6.07, 6.45) is 1.77. The minimum absolute atomic E-state index is 0.0531. The summed E-state index contributed by atoms with van der Waals surface area (Å²) in [6, 6.07) is 8.04. The molecule has 84 valence electrons. The van der Waals surface area contributed by atoms with Crippen molar-refractivity contribution in [2.75, 3.05) is 0 Å². The van der Waals surface area contributed by atoms with Crippen LogP contribution in [0.25, 0.3) is 0 Å². The van der Waals surface area contributed by atoms with E-state index in [1.165, 1.54) is 5.56 Å². The van der Waals surface area contributed by atoms with E-state index >= 15 is 0 Å². The van der Waals surface area contributed by atoms with Gasteiger partial charge in [0.2, 0.25) is 11.8 Å². The fourth-order valence-corrected chi connectivity index (χ4v) is 2.25. The standard InChI is InChI=1S/C13H15NO2/c1-2-9-5-3-4-6-11(9)10-7-12(15)14-13(16)8-10/h3-6,10H,2,7-8H2,1H3,(H,14,15,16). The second kappa shape index (κ2) is 4.47. The van der Waals surface area contributed by atoms with Gasteiger partial charge in [0.1, 0.15) is 0 Å². The minimum Gasteiger partial charge on any atom is -0.296 e. The van der Waals surface area contributed by atoms with E-state index in [0.717, 1.165) is 12.0 Å². The Kier molecular flexibility index (Phi) is 3.04. The summed E-state index contributed by atoms with van der Waals surface area (Å²) in [5.41, 5.74) is 2.38. The van der Waals surface area contributed by atoms with Crippen molar-refractivity contribution in [3.63, 3.8) is 0 Å². The third-order valence-electron chi connectivity index (χ3n) is 3.02. The van der Waals surface area contributed by atoms with Gasteiger partial charge in [-0.3, -0.25) is 14.9 Å². The first kappa shape index (κ1) is 10.9. The zero-order valence-electron chi connectivity index (χ0n) is 9.32. The van der Waals surface area contributed by atoms with Crippen molar-refractivity contribution < 1.29 is 9.59 Å². The Morgan fingerprint density at radius 2 is 1.81 bits per heavy atom. The molecule has 0 radical (unpaired) electrons. The van der Waals surface area contributed by atoms with Crippen LogP contribution in [0.5, 0.6) is 0 Å². The normalized spacial score (nSPS) is 17.3. The average Bonchev–Trinajstić information content (AvgIpc) is 2.27. The van der Waals surface area contributed by atoms with E-state index in [2.05, 4.69) is 18.3 Å². The fourth-order valence-electron chi connectivity index (χ4n) is 2.25. The molecule has 2 rings (SSSR count). The number of aryl methyl sites for hydroxylation is 1. The fraction of sp³-hybridized carbons (Fsp3) is 0.385. The monoisotopic (exact) mass is 217 g/mol. The largest absolute Gasteiger partial charge is 0.296 e. The Bertz CT molecular complexity index is 410. The SMILES string of the molecule is CCc1ccccc1C1CC(=O)NC(=O)C1. The van der Waals surface area contributed by atoms with Gasteiger partial charge in [-0.1, -0.05) is 31.2 Å². The van der Waals surface area contributed by atoms with E-state index in [4.69, 9.17) is 0 Å². The van der Waals surface area contributed by atoms with Gasteiger partial charge in [0.25, 0.3) is 0 Å². The molecule has 1 heterocycles. The summed E-state index contributed by atoms with van der Waals surface area (Å²) in [4.78, 5) is 22.6. The maximum atomic E-state index is 11.3. The molecule has 1 aliphatic heterocycles. The molecule has 1 fully saturated rings. The highest BCUT2D eigenvalue weighted by molar-refractivity contribution is 5.98. The van der Waals surface area contributed by atoms with Gasteiger partial charge in [-0.2, -0.15) is 0 Å². The van der Waals surface area contributed by atoms with Crippen molar-refractivity contribution in [2.45, 2.75) is 32.1 Å². The molecule has 3 nitrogen and oxygen atoms in total. The lowest BCUT2D eigenvalue weighted by atomic mass is 9.86. The number of rotatable bonds is 2. The van der Waals surface area contributed by atoms with Crippen LogP contribution in [0.4, 0.5) is 0 Å². The van der Waals surface area contributed by atoms with Crippen molar-refractivity contribution in [1.29, 1.82) is 0 Å². The maximum absolute atomic E-state index is 11.3. The molecule has 1 aromatic rings. The first-order valence-electron chi connectivity index (χ1n) is 5.61. The Balaban J connectivity index is 2.29. The summed E-state index contributed by atoms with van der Waals surface area (Å²) in [7, 11) is 0. The molecule has 0 bridgehead atoms. The van der Waals surface area contributed by atoms with Crippen LogP contribution in [-0.4, -0.2) is 11.8 Å². The van der Waals surface area contributed by atoms with Crippen molar-refractivity contribution in [3.05, 3.63) is 35.4 Å². The van der Waals surface area contributed by atoms with Gasteiger partial charge in [0, 0.05) is 18.8 Å². The highest BCUT2D eigenvalue weighted by atomic mass is 16.2. The quantitative estimate of drug-likeness (QED) is 0.767. The van der Waals surface area contributed by atoms with Gasteiger partial charge < -0.3 is 0 Å². The third-order valence-corrected chi connectivity index (χ3v) is 3.02. The highest BCUT2D eigenvalue weighted by Crippen LogP contribution is 2.29. The number of imide groups is 1. The van der Waals surface area contributed by atoms with Crippen LogP contribution >= 0.6 is 0 Å². The molecular formula is C13H15NO2. The molecule has 0 aliphatic carbocycles. The lowest BCUT2D eigenvalue weighted by molar-refractivity contribution is -0.133. The number of hydrogen-bond acceptors (Lipinski definition) is 2. The number of piperidine rings is 1. The second-order valence-corrected chi connectivity index (χ2v) is 4.13. The molecular weight excluding hydrogens is 202 g/mol. The van der Waals surface area contributed by atoms with E-state index in [1.807, 2.05) is 18.2 Å². The number of nitrogens with one attached hydrogen (secondary N) is 1.